The first-order chi connectivity index (χ1) is 19.0. The van der Waals surface area contributed by atoms with Crippen molar-refractivity contribution in [2.45, 2.75) is 63.7 Å². The first-order valence-electron chi connectivity index (χ1n) is 13.2. The second-order valence-electron chi connectivity index (χ2n) is 10.9. The average Bonchev–Trinajstić information content (AvgIpc) is 3.46. The summed E-state index contributed by atoms with van der Waals surface area (Å²) in [6, 6.07) is 1.75. The van der Waals surface area contributed by atoms with Crippen LogP contribution in [0.25, 0.3) is 17.2 Å². The molecule has 6 rings (SSSR count). The number of rotatable bonds is 5. The van der Waals surface area contributed by atoms with Gasteiger partial charge in [0.15, 0.2) is 11.5 Å². The average molecular weight is 552 g/mol. The van der Waals surface area contributed by atoms with E-state index in [0.29, 0.717) is 18.5 Å². The first-order valence-corrected chi connectivity index (χ1v) is 13.2. The van der Waals surface area contributed by atoms with Crippen LogP contribution in [0.4, 0.5) is 24.8 Å². The Morgan fingerprint density at radius 3 is 2.65 bits per heavy atom. The lowest BCUT2D eigenvalue weighted by Gasteiger charge is -2.25. The number of halogens is 3. The molecule has 0 saturated heterocycles. The van der Waals surface area contributed by atoms with Crippen molar-refractivity contribution in [3.63, 3.8) is 0 Å². The Labute approximate surface area is 227 Å². The number of nitrogens with one attached hydrogen (secondary N) is 1. The molecule has 1 amide bonds. The number of phenols is 1. The highest BCUT2D eigenvalue weighted by molar-refractivity contribution is 6.09. The molecule has 12 heteroatoms. The predicted molar refractivity (Wildman–Crippen MR) is 141 cm³/mol. The highest BCUT2D eigenvalue weighted by Gasteiger charge is 2.49. The van der Waals surface area contributed by atoms with Crippen LogP contribution in [0.1, 0.15) is 68.3 Å². The minimum Gasteiger partial charge on any atom is -0.507 e. The van der Waals surface area contributed by atoms with E-state index in [9.17, 15) is 23.1 Å². The largest absolute Gasteiger partial charge is 0.507 e. The third-order valence-corrected chi connectivity index (χ3v) is 8.09. The molecule has 4 N–H and O–H groups in total. The lowest BCUT2D eigenvalue weighted by atomic mass is 9.77. The van der Waals surface area contributed by atoms with Gasteiger partial charge in [0, 0.05) is 25.5 Å². The summed E-state index contributed by atoms with van der Waals surface area (Å²) in [6.45, 7) is 1.93. The van der Waals surface area contributed by atoms with E-state index in [0.717, 1.165) is 42.7 Å². The van der Waals surface area contributed by atoms with E-state index in [1.54, 1.807) is 12.4 Å². The number of aromatic hydroxyl groups is 1. The second kappa shape index (κ2) is 9.17. The molecule has 1 saturated carbocycles. The van der Waals surface area contributed by atoms with Gasteiger partial charge in [0.25, 0.3) is 5.92 Å². The second-order valence-corrected chi connectivity index (χ2v) is 10.9. The van der Waals surface area contributed by atoms with Crippen molar-refractivity contribution in [2.24, 2.45) is 5.92 Å². The number of hydrogen-bond donors (Lipinski definition) is 3. The van der Waals surface area contributed by atoms with Gasteiger partial charge in [-0.05, 0) is 37.0 Å². The lowest BCUT2D eigenvalue weighted by molar-refractivity contribution is -0.119. The number of aromatic nitrogens is 5. The number of carbonyl (C=O) groups excluding carboxylic acids is 1. The minimum atomic E-state index is -3.63. The number of anilines is 2. The van der Waals surface area contributed by atoms with E-state index in [4.69, 9.17) is 10.7 Å². The quantitative estimate of drug-likeness (QED) is 0.314. The highest BCUT2D eigenvalue weighted by atomic mass is 19.3. The number of amides is 1. The molecule has 1 atom stereocenters. The van der Waals surface area contributed by atoms with E-state index in [2.05, 4.69) is 20.3 Å². The molecule has 0 radical (unpaired) electrons. The number of carbonyl (C=O) groups is 1. The molecule has 1 aliphatic heterocycles. The summed E-state index contributed by atoms with van der Waals surface area (Å²) in [5.41, 5.74) is 5.68. The molecule has 4 aromatic rings. The third kappa shape index (κ3) is 4.13. The molecule has 1 fully saturated rings. The van der Waals surface area contributed by atoms with Crippen molar-refractivity contribution in [1.29, 1.82) is 0 Å². The van der Waals surface area contributed by atoms with Crippen LogP contribution in [0.15, 0.2) is 30.7 Å². The van der Waals surface area contributed by atoms with Crippen molar-refractivity contribution in [2.75, 3.05) is 11.1 Å². The fourth-order valence-electron chi connectivity index (χ4n) is 6.02. The van der Waals surface area contributed by atoms with E-state index in [1.165, 1.54) is 26.2 Å². The molecule has 9 nitrogen and oxygen atoms in total. The van der Waals surface area contributed by atoms with Crippen molar-refractivity contribution in [3.8, 4) is 17.3 Å². The molecule has 3 aromatic heterocycles. The first kappa shape index (κ1) is 26.0. The number of hydrogen-bond acceptors (Lipinski definition) is 7. The molecule has 1 aromatic carbocycles. The van der Waals surface area contributed by atoms with E-state index >= 15 is 0 Å². The molecule has 40 heavy (non-hydrogen) atoms. The summed E-state index contributed by atoms with van der Waals surface area (Å²) in [5.74, 6) is -5.83. The summed E-state index contributed by atoms with van der Waals surface area (Å²) < 4.78 is 44.4. The number of benzene rings is 1. The summed E-state index contributed by atoms with van der Waals surface area (Å²) in [7, 11) is 0. The Hall–Kier alpha value is -4.22. The number of nitrogens with two attached hydrogens (primary N) is 1. The third-order valence-electron chi connectivity index (χ3n) is 8.09. The Morgan fingerprint density at radius 1 is 1.20 bits per heavy atom. The summed E-state index contributed by atoms with van der Waals surface area (Å²) >= 11 is 0. The van der Waals surface area contributed by atoms with Gasteiger partial charge < -0.3 is 20.6 Å². The molecule has 4 heterocycles. The van der Waals surface area contributed by atoms with Crippen molar-refractivity contribution in [3.05, 3.63) is 58.9 Å². The van der Waals surface area contributed by atoms with E-state index in [-0.39, 0.29) is 28.6 Å². The van der Waals surface area contributed by atoms with E-state index < -0.39 is 34.4 Å². The van der Waals surface area contributed by atoms with Gasteiger partial charge in [-0.2, -0.15) is 0 Å². The van der Waals surface area contributed by atoms with E-state index in [1.807, 2.05) is 10.6 Å². The number of imidazole rings is 1. The van der Waals surface area contributed by atoms with Gasteiger partial charge in [-0.1, -0.05) is 32.1 Å². The van der Waals surface area contributed by atoms with Gasteiger partial charge in [0.05, 0.1) is 16.8 Å². The molecule has 1 aliphatic carbocycles. The monoisotopic (exact) mass is 551 g/mol. The van der Waals surface area contributed by atoms with Crippen LogP contribution in [0.3, 0.4) is 0 Å². The molecule has 0 bridgehead atoms. The molecular weight excluding hydrogens is 523 g/mol. The molecule has 2 aliphatic rings. The Morgan fingerprint density at radius 2 is 1.95 bits per heavy atom. The number of nitrogen functional groups attached to an aromatic ring is 1. The predicted octanol–water partition coefficient (Wildman–Crippen LogP) is 5.11. The zero-order chi connectivity index (χ0) is 28.4. The number of nitrogens with zero attached hydrogens (tertiary/aromatic N) is 5. The van der Waals surface area contributed by atoms with Gasteiger partial charge in [0.1, 0.15) is 34.3 Å². The Balaban J connectivity index is 1.43. The van der Waals surface area contributed by atoms with Gasteiger partial charge in [-0.15, -0.1) is 0 Å². The van der Waals surface area contributed by atoms with Crippen LogP contribution in [-0.2, 0) is 22.6 Å². The summed E-state index contributed by atoms with van der Waals surface area (Å²) in [5, 5.41) is 12.9. The smallest absolute Gasteiger partial charge is 0.276 e. The zero-order valence-electron chi connectivity index (χ0n) is 22.0. The topological polar surface area (TPSA) is 131 Å². The molecular formula is C28H28F3N7O2. The van der Waals surface area contributed by atoms with Crippen molar-refractivity contribution < 1.29 is 23.1 Å². The maximum atomic E-state index is 14.8. The van der Waals surface area contributed by atoms with Gasteiger partial charge >= 0.3 is 0 Å². The Kier molecular flexibility index (Phi) is 5.97. The highest BCUT2D eigenvalue weighted by Crippen LogP contribution is 2.47. The van der Waals surface area contributed by atoms with Gasteiger partial charge in [-0.3, -0.25) is 4.79 Å². The van der Waals surface area contributed by atoms with Crippen LogP contribution in [0.5, 0.6) is 5.75 Å². The van der Waals surface area contributed by atoms with Gasteiger partial charge in [-0.25, -0.2) is 33.1 Å². The van der Waals surface area contributed by atoms with Crippen LogP contribution >= 0.6 is 0 Å². The van der Waals surface area contributed by atoms with Crippen molar-refractivity contribution in [1.82, 2.24) is 24.3 Å². The van der Waals surface area contributed by atoms with Gasteiger partial charge in [0.2, 0.25) is 5.91 Å². The maximum absolute atomic E-state index is 14.8. The molecule has 0 spiro atoms. The van der Waals surface area contributed by atoms with Crippen LogP contribution in [0.2, 0.25) is 0 Å². The lowest BCUT2D eigenvalue weighted by Crippen LogP contribution is -2.33. The maximum Gasteiger partial charge on any atom is 0.276 e. The summed E-state index contributed by atoms with van der Waals surface area (Å²) in [6.07, 6.45) is 11.9. The molecule has 208 valence electrons. The van der Waals surface area contributed by atoms with Crippen LogP contribution in [-0.4, -0.2) is 35.4 Å². The normalized spacial score (nSPS) is 19.7. The van der Waals surface area contributed by atoms with Crippen molar-refractivity contribution >= 4 is 23.2 Å². The number of alkyl halides is 2. The minimum absolute atomic E-state index is 0.0630. The fraction of sp³-hybridized carbons (Fsp3) is 0.393. The SMILES string of the molecule is CC(F)(F)c1c(O)cc(C2(C)C(=O)Nc3nc(-c4cn5ccnc5c(CC5CCCCC5)n4)nc(N)c32)cc1F. The zero-order valence-corrected chi connectivity index (χ0v) is 22.0. The van der Waals surface area contributed by atoms with Crippen LogP contribution in [0, 0.1) is 11.7 Å². The number of fused-ring (bicyclic) bond motifs is 2. The standard InChI is InChI=1S/C28H28F3N7O2/c1-27(15-11-16(29)20(19(39)12-15)28(2,30)31)21-22(32)35-23(36-24(21)37-26(27)40)18-13-38-9-8-33-25(38)17(34-18)10-14-6-4-3-5-7-14/h8-9,11-14,39H,3-7,10H2,1-2H3,(H3,32,35,36,37,40). The molecule has 1 unspecified atom stereocenters. The van der Waals surface area contributed by atoms with Crippen LogP contribution < -0.4 is 11.1 Å². The number of phenolic OH excluding ortho intramolecular Hbond substituents is 1. The Bertz CT molecular complexity index is 1640. The fourth-order valence-corrected chi connectivity index (χ4v) is 6.02. The summed E-state index contributed by atoms with van der Waals surface area (Å²) in [4.78, 5) is 31.6.